The number of rotatable bonds is 2. The van der Waals surface area contributed by atoms with Crippen molar-refractivity contribution < 1.29 is 9.90 Å². The normalized spacial score (nSPS) is 10.2. The summed E-state index contributed by atoms with van der Waals surface area (Å²) in [6.45, 7) is 0. The fourth-order valence-corrected chi connectivity index (χ4v) is 2.56. The van der Waals surface area contributed by atoms with Gasteiger partial charge >= 0.3 is 5.97 Å². The molecule has 0 amide bonds. The van der Waals surface area contributed by atoms with E-state index in [1.807, 2.05) is 0 Å². The standard InChI is InChI=1S/C10H6INO2S/c11-8-5-12-9(15-8)6-1-3-7(4-2-6)10(13)14/h1-5H,(H,13,14). The number of thiazole rings is 1. The van der Waals surface area contributed by atoms with Crippen LogP contribution in [0.2, 0.25) is 0 Å². The van der Waals surface area contributed by atoms with Crippen molar-refractivity contribution in [1.29, 1.82) is 0 Å². The van der Waals surface area contributed by atoms with E-state index in [-0.39, 0.29) is 0 Å². The number of benzene rings is 1. The molecule has 76 valence electrons. The van der Waals surface area contributed by atoms with E-state index in [2.05, 4.69) is 27.6 Å². The van der Waals surface area contributed by atoms with E-state index < -0.39 is 5.97 Å². The second-order valence-corrected chi connectivity index (χ2v) is 5.78. The first-order chi connectivity index (χ1) is 7.16. The van der Waals surface area contributed by atoms with Gasteiger partial charge in [0.25, 0.3) is 0 Å². The van der Waals surface area contributed by atoms with E-state index in [1.165, 1.54) is 0 Å². The monoisotopic (exact) mass is 331 g/mol. The molecule has 0 spiro atoms. The summed E-state index contributed by atoms with van der Waals surface area (Å²) in [5.74, 6) is -0.907. The number of carboxylic acid groups (broad SMARTS) is 1. The fraction of sp³-hybridized carbons (Fsp3) is 0. The average molecular weight is 331 g/mol. The van der Waals surface area contributed by atoms with Gasteiger partial charge in [-0.05, 0) is 34.7 Å². The van der Waals surface area contributed by atoms with Crippen LogP contribution in [0, 0.1) is 2.88 Å². The van der Waals surface area contributed by atoms with Gasteiger partial charge < -0.3 is 5.11 Å². The molecule has 0 bridgehead atoms. The highest BCUT2D eigenvalue weighted by molar-refractivity contribution is 14.1. The zero-order valence-corrected chi connectivity index (χ0v) is 10.4. The zero-order valence-electron chi connectivity index (χ0n) is 7.48. The Bertz CT molecular complexity index is 492. The molecular formula is C10H6INO2S. The SMILES string of the molecule is O=C(O)c1ccc(-c2ncc(I)s2)cc1. The number of carboxylic acids is 1. The van der Waals surface area contributed by atoms with Crippen molar-refractivity contribution in [2.75, 3.05) is 0 Å². The molecule has 0 aliphatic rings. The van der Waals surface area contributed by atoms with Crippen molar-refractivity contribution in [1.82, 2.24) is 4.98 Å². The van der Waals surface area contributed by atoms with E-state index in [0.717, 1.165) is 13.5 Å². The minimum atomic E-state index is -0.907. The summed E-state index contributed by atoms with van der Waals surface area (Å²) in [4.78, 5) is 14.9. The molecule has 3 nitrogen and oxygen atoms in total. The molecule has 0 radical (unpaired) electrons. The molecule has 0 aliphatic heterocycles. The molecule has 0 unspecified atom stereocenters. The Morgan fingerprint density at radius 1 is 1.33 bits per heavy atom. The summed E-state index contributed by atoms with van der Waals surface area (Å²) in [7, 11) is 0. The van der Waals surface area contributed by atoms with E-state index in [4.69, 9.17) is 5.11 Å². The van der Waals surface area contributed by atoms with Crippen molar-refractivity contribution in [3.8, 4) is 10.6 Å². The molecule has 1 aromatic carbocycles. The number of carbonyl (C=O) groups is 1. The first kappa shape index (κ1) is 10.6. The number of aromatic carboxylic acids is 1. The minimum absolute atomic E-state index is 0.296. The zero-order chi connectivity index (χ0) is 10.8. The summed E-state index contributed by atoms with van der Waals surface area (Å²) < 4.78 is 1.12. The summed E-state index contributed by atoms with van der Waals surface area (Å²) in [6, 6.07) is 6.73. The Hall–Kier alpha value is -0.950. The maximum atomic E-state index is 10.6. The van der Waals surface area contributed by atoms with Crippen LogP contribution in [-0.2, 0) is 0 Å². The van der Waals surface area contributed by atoms with Crippen LogP contribution in [0.25, 0.3) is 10.6 Å². The lowest BCUT2D eigenvalue weighted by atomic mass is 10.1. The van der Waals surface area contributed by atoms with Gasteiger partial charge in [0.15, 0.2) is 0 Å². The van der Waals surface area contributed by atoms with Crippen LogP contribution in [0.15, 0.2) is 30.5 Å². The lowest BCUT2D eigenvalue weighted by Gasteiger charge is -1.96. The van der Waals surface area contributed by atoms with Crippen molar-refractivity contribution >= 4 is 39.9 Å². The Kier molecular flexibility index (Phi) is 3.01. The fourth-order valence-electron chi connectivity index (χ4n) is 1.14. The number of aromatic nitrogens is 1. The summed E-state index contributed by atoms with van der Waals surface area (Å²) >= 11 is 3.79. The Balaban J connectivity index is 2.35. The highest BCUT2D eigenvalue weighted by Crippen LogP contribution is 2.26. The molecule has 5 heteroatoms. The van der Waals surface area contributed by atoms with Gasteiger partial charge in [0.05, 0.1) is 14.6 Å². The van der Waals surface area contributed by atoms with Crippen molar-refractivity contribution in [3.05, 3.63) is 38.9 Å². The summed E-state index contributed by atoms with van der Waals surface area (Å²) in [5.41, 5.74) is 1.25. The molecule has 0 saturated carbocycles. The van der Waals surface area contributed by atoms with Gasteiger partial charge in [-0.2, -0.15) is 0 Å². The van der Waals surface area contributed by atoms with E-state index in [0.29, 0.717) is 5.56 Å². The van der Waals surface area contributed by atoms with Gasteiger partial charge in [-0.3, -0.25) is 0 Å². The van der Waals surface area contributed by atoms with Gasteiger partial charge in [0, 0.05) is 5.56 Å². The van der Waals surface area contributed by atoms with E-state index in [9.17, 15) is 4.79 Å². The largest absolute Gasteiger partial charge is 0.478 e. The second kappa shape index (κ2) is 4.28. The minimum Gasteiger partial charge on any atom is -0.478 e. The van der Waals surface area contributed by atoms with Gasteiger partial charge in [0.2, 0.25) is 0 Å². The molecular weight excluding hydrogens is 325 g/mol. The van der Waals surface area contributed by atoms with Crippen molar-refractivity contribution in [2.24, 2.45) is 0 Å². The van der Waals surface area contributed by atoms with Crippen LogP contribution < -0.4 is 0 Å². The molecule has 0 saturated heterocycles. The summed E-state index contributed by atoms with van der Waals surface area (Å²) in [6.07, 6.45) is 1.80. The van der Waals surface area contributed by atoms with Crippen molar-refractivity contribution in [2.45, 2.75) is 0 Å². The predicted octanol–water partition coefficient (Wildman–Crippen LogP) is 3.11. The third kappa shape index (κ3) is 2.35. The molecule has 2 rings (SSSR count). The van der Waals surface area contributed by atoms with Crippen LogP contribution >= 0.6 is 33.9 Å². The number of hydrogen-bond acceptors (Lipinski definition) is 3. The van der Waals surface area contributed by atoms with Gasteiger partial charge in [0.1, 0.15) is 5.01 Å². The molecule has 1 aromatic heterocycles. The maximum absolute atomic E-state index is 10.6. The third-order valence-electron chi connectivity index (χ3n) is 1.86. The number of halogens is 1. The Morgan fingerprint density at radius 2 is 2.00 bits per heavy atom. The predicted molar refractivity (Wildman–Crippen MR) is 67.2 cm³/mol. The van der Waals surface area contributed by atoms with Gasteiger partial charge in [-0.25, -0.2) is 9.78 Å². The highest BCUT2D eigenvalue weighted by atomic mass is 127. The summed E-state index contributed by atoms with van der Waals surface area (Å²) in [5, 5.41) is 9.65. The molecule has 1 N–H and O–H groups in total. The van der Waals surface area contributed by atoms with E-state index in [1.54, 1.807) is 41.8 Å². The highest BCUT2D eigenvalue weighted by Gasteiger charge is 2.05. The first-order valence-corrected chi connectivity index (χ1v) is 6.01. The number of nitrogens with zero attached hydrogens (tertiary/aromatic N) is 1. The lowest BCUT2D eigenvalue weighted by molar-refractivity contribution is 0.0697. The first-order valence-electron chi connectivity index (χ1n) is 4.12. The van der Waals surface area contributed by atoms with E-state index >= 15 is 0 Å². The van der Waals surface area contributed by atoms with Crippen LogP contribution in [0.4, 0.5) is 0 Å². The molecule has 0 fully saturated rings. The Labute approximate surface area is 104 Å². The number of hydrogen-bond donors (Lipinski definition) is 1. The maximum Gasteiger partial charge on any atom is 0.335 e. The lowest BCUT2D eigenvalue weighted by Crippen LogP contribution is -1.94. The smallest absolute Gasteiger partial charge is 0.335 e. The van der Waals surface area contributed by atoms with Crippen LogP contribution in [0.3, 0.4) is 0 Å². The third-order valence-corrected chi connectivity index (χ3v) is 3.63. The second-order valence-electron chi connectivity index (χ2n) is 2.85. The van der Waals surface area contributed by atoms with Crippen molar-refractivity contribution in [3.63, 3.8) is 0 Å². The quantitative estimate of drug-likeness (QED) is 0.861. The molecule has 0 aliphatic carbocycles. The molecule has 2 aromatic rings. The van der Waals surface area contributed by atoms with Crippen LogP contribution in [0.1, 0.15) is 10.4 Å². The molecule has 15 heavy (non-hydrogen) atoms. The average Bonchev–Trinajstić information content (AvgIpc) is 2.65. The molecule has 1 heterocycles. The van der Waals surface area contributed by atoms with Gasteiger partial charge in [-0.15, -0.1) is 11.3 Å². The van der Waals surface area contributed by atoms with Crippen LogP contribution in [-0.4, -0.2) is 16.1 Å². The van der Waals surface area contributed by atoms with Gasteiger partial charge in [-0.1, -0.05) is 12.1 Å². The Morgan fingerprint density at radius 3 is 2.47 bits per heavy atom. The molecule has 0 atom stereocenters. The topological polar surface area (TPSA) is 50.2 Å². The van der Waals surface area contributed by atoms with Crippen LogP contribution in [0.5, 0.6) is 0 Å².